The molecule has 7 heteroatoms. The predicted molar refractivity (Wildman–Crippen MR) is 113 cm³/mol. The van der Waals surface area contributed by atoms with Crippen LogP contribution in [0.2, 0.25) is 0 Å². The Labute approximate surface area is 169 Å². The molecule has 3 aromatic rings. The van der Waals surface area contributed by atoms with Gasteiger partial charge < -0.3 is 5.32 Å². The number of benzene rings is 1. The van der Waals surface area contributed by atoms with Crippen LogP contribution in [0.3, 0.4) is 0 Å². The third-order valence-corrected chi connectivity index (χ3v) is 5.01. The number of nitrogens with zero attached hydrogens (tertiary/aromatic N) is 3. The Morgan fingerprint density at radius 3 is 2.59 bits per heavy atom. The van der Waals surface area contributed by atoms with Crippen molar-refractivity contribution < 1.29 is 9.59 Å². The molecule has 0 bridgehead atoms. The van der Waals surface area contributed by atoms with E-state index in [0.717, 1.165) is 18.4 Å². The molecule has 1 aromatic carbocycles. The van der Waals surface area contributed by atoms with Crippen LogP contribution in [0.5, 0.6) is 0 Å². The van der Waals surface area contributed by atoms with Crippen molar-refractivity contribution in [1.29, 1.82) is 0 Å². The van der Waals surface area contributed by atoms with Gasteiger partial charge in [-0.15, -0.1) is 0 Å². The minimum atomic E-state index is -0.336. The first-order valence-corrected chi connectivity index (χ1v) is 9.89. The van der Waals surface area contributed by atoms with Crippen LogP contribution in [0, 0.1) is 13.8 Å². The molecule has 0 atom stereocenters. The minimum Gasteiger partial charge on any atom is -0.322 e. The summed E-state index contributed by atoms with van der Waals surface area (Å²) in [5.74, 6) is -0.285. The zero-order chi connectivity index (χ0) is 21.1. The van der Waals surface area contributed by atoms with Gasteiger partial charge in [-0.25, -0.2) is 4.52 Å². The summed E-state index contributed by atoms with van der Waals surface area (Å²) < 4.78 is 3.00. The van der Waals surface area contributed by atoms with E-state index in [1.165, 1.54) is 10.8 Å². The van der Waals surface area contributed by atoms with E-state index in [4.69, 9.17) is 0 Å². The molecule has 0 saturated heterocycles. The molecule has 1 amide bonds. The predicted octanol–water partition coefficient (Wildman–Crippen LogP) is 3.76. The summed E-state index contributed by atoms with van der Waals surface area (Å²) in [7, 11) is 0. The molecule has 0 aliphatic rings. The molecule has 152 valence electrons. The van der Waals surface area contributed by atoms with Crippen molar-refractivity contribution in [3.8, 4) is 0 Å². The lowest BCUT2D eigenvalue weighted by atomic mass is 10.0. The molecule has 1 N–H and O–H groups in total. The molecule has 0 unspecified atom stereocenters. The Bertz CT molecular complexity index is 1140. The fraction of sp³-hybridized carbons (Fsp3) is 0.364. The summed E-state index contributed by atoms with van der Waals surface area (Å²) in [4.78, 5) is 37.8. The lowest BCUT2D eigenvalue weighted by molar-refractivity contribution is 0.0979. The van der Waals surface area contributed by atoms with Crippen molar-refractivity contribution in [1.82, 2.24) is 14.2 Å². The second kappa shape index (κ2) is 8.43. The van der Waals surface area contributed by atoms with Gasteiger partial charge in [-0.3, -0.25) is 19.0 Å². The van der Waals surface area contributed by atoms with E-state index in [1.54, 1.807) is 29.8 Å². The quantitative estimate of drug-likeness (QED) is 0.618. The first-order chi connectivity index (χ1) is 13.9. The van der Waals surface area contributed by atoms with Gasteiger partial charge in [0.2, 0.25) is 0 Å². The number of anilines is 1. The van der Waals surface area contributed by atoms with Crippen molar-refractivity contribution in [3.63, 3.8) is 0 Å². The lowest BCUT2D eigenvalue weighted by Gasteiger charge is -2.10. The van der Waals surface area contributed by atoms with E-state index in [-0.39, 0.29) is 17.2 Å². The number of nitrogens with one attached hydrogen (secondary N) is 1. The average Bonchev–Trinajstić information content (AvgIpc) is 3.03. The third-order valence-electron chi connectivity index (χ3n) is 5.01. The highest BCUT2D eigenvalue weighted by Crippen LogP contribution is 2.21. The van der Waals surface area contributed by atoms with Gasteiger partial charge in [-0.05, 0) is 43.9 Å². The summed E-state index contributed by atoms with van der Waals surface area (Å²) in [6.45, 7) is 8.14. The standard InChI is InChI=1S/C22H26N4O3/c1-5-7-19(27)16-9-8-14(3)18(11-16)24-21(28)17-12-26-20(15(17)4)22(29)25(10-6-2)13-23-26/h8-9,11-13H,5-7,10H2,1-4H3,(H,24,28). The molecule has 0 radical (unpaired) electrons. The van der Waals surface area contributed by atoms with Crippen LogP contribution in [-0.4, -0.2) is 25.9 Å². The lowest BCUT2D eigenvalue weighted by Crippen LogP contribution is -2.23. The monoisotopic (exact) mass is 394 g/mol. The summed E-state index contributed by atoms with van der Waals surface area (Å²) in [5.41, 5.74) is 3.22. The van der Waals surface area contributed by atoms with Gasteiger partial charge in [-0.2, -0.15) is 5.10 Å². The molecule has 0 aliphatic heterocycles. The summed E-state index contributed by atoms with van der Waals surface area (Å²) in [6.07, 6.45) is 5.12. The highest BCUT2D eigenvalue weighted by atomic mass is 16.2. The number of hydrogen-bond acceptors (Lipinski definition) is 4. The van der Waals surface area contributed by atoms with E-state index in [9.17, 15) is 14.4 Å². The number of ketones is 1. The SMILES string of the molecule is CCCC(=O)c1ccc(C)c(NC(=O)c2cn3ncn(CCC)c(=O)c3c2C)c1. The largest absolute Gasteiger partial charge is 0.322 e. The topological polar surface area (TPSA) is 85.5 Å². The number of Topliss-reactive ketones (excluding diaryl/α,β-unsaturated/α-hetero) is 1. The Kier molecular flexibility index (Phi) is 5.96. The van der Waals surface area contributed by atoms with Gasteiger partial charge in [0.05, 0.1) is 5.56 Å². The van der Waals surface area contributed by atoms with E-state index in [1.807, 2.05) is 26.8 Å². The highest BCUT2D eigenvalue weighted by Gasteiger charge is 2.19. The average molecular weight is 394 g/mol. The number of fused-ring (bicyclic) bond motifs is 1. The van der Waals surface area contributed by atoms with Crippen molar-refractivity contribution in [3.05, 3.63) is 63.3 Å². The maximum absolute atomic E-state index is 12.9. The number of aryl methyl sites for hydroxylation is 3. The van der Waals surface area contributed by atoms with Gasteiger partial charge >= 0.3 is 0 Å². The fourth-order valence-corrected chi connectivity index (χ4v) is 3.36. The number of carbonyl (C=O) groups excluding carboxylic acids is 2. The van der Waals surface area contributed by atoms with Crippen LogP contribution >= 0.6 is 0 Å². The molecular formula is C22H26N4O3. The molecule has 7 nitrogen and oxygen atoms in total. The second-order valence-corrected chi connectivity index (χ2v) is 7.25. The van der Waals surface area contributed by atoms with E-state index < -0.39 is 0 Å². The summed E-state index contributed by atoms with van der Waals surface area (Å²) in [5, 5.41) is 7.15. The van der Waals surface area contributed by atoms with Crippen LogP contribution in [0.25, 0.3) is 5.52 Å². The Balaban J connectivity index is 1.96. The molecule has 3 rings (SSSR count). The normalized spacial score (nSPS) is 11.0. The number of aromatic nitrogens is 3. The highest BCUT2D eigenvalue weighted by molar-refractivity contribution is 6.07. The molecule has 29 heavy (non-hydrogen) atoms. The van der Waals surface area contributed by atoms with Gasteiger partial charge in [-0.1, -0.05) is 26.0 Å². The first-order valence-electron chi connectivity index (χ1n) is 9.89. The number of amides is 1. The smallest absolute Gasteiger partial charge is 0.277 e. The molecule has 2 aromatic heterocycles. The number of rotatable bonds is 7. The maximum Gasteiger partial charge on any atom is 0.277 e. The van der Waals surface area contributed by atoms with Crippen LogP contribution in [0.15, 0.2) is 35.5 Å². The number of hydrogen-bond donors (Lipinski definition) is 1. The van der Waals surface area contributed by atoms with Crippen molar-refractivity contribution >= 4 is 22.9 Å². The third kappa shape index (κ3) is 3.99. The first kappa shape index (κ1) is 20.5. The zero-order valence-corrected chi connectivity index (χ0v) is 17.3. The Morgan fingerprint density at radius 2 is 1.90 bits per heavy atom. The van der Waals surface area contributed by atoms with E-state index >= 15 is 0 Å². The molecule has 0 spiro atoms. The van der Waals surface area contributed by atoms with Crippen molar-refractivity contribution in [2.45, 2.75) is 53.5 Å². The zero-order valence-electron chi connectivity index (χ0n) is 17.3. The minimum absolute atomic E-state index is 0.0504. The second-order valence-electron chi connectivity index (χ2n) is 7.25. The number of carbonyl (C=O) groups is 2. The van der Waals surface area contributed by atoms with Crippen LogP contribution < -0.4 is 10.9 Å². The van der Waals surface area contributed by atoms with Crippen molar-refractivity contribution in [2.24, 2.45) is 0 Å². The Morgan fingerprint density at radius 1 is 1.14 bits per heavy atom. The van der Waals surface area contributed by atoms with Gasteiger partial charge in [0.1, 0.15) is 11.8 Å². The molecule has 0 saturated carbocycles. The molecule has 0 fully saturated rings. The van der Waals surface area contributed by atoms with Gasteiger partial charge in [0, 0.05) is 30.4 Å². The van der Waals surface area contributed by atoms with Crippen molar-refractivity contribution in [2.75, 3.05) is 5.32 Å². The van der Waals surface area contributed by atoms with Crippen LogP contribution in [0.4, 0.5) is 5.69 Å². The molecular weight excluding hydrogens is 368 g/mol. The van der Waals surface area contributed by atoms with Gasteiger partial charge in [0.15, 0.2) is 5.78 Å². The maximum atomic E-state index is 12.9. The molecule has 0 aliphatic carbocycles. The van der Waals surface area contributed by atoms with Crippen LogP contribution in [-0.2, 0) is 6.54 Å². The van der Waals surface area contributed by atoms with Crippen LogP contribution in [0.1, 0.15) is 65.0 Å². The van der Waals surface area contributed by atoms with E-state index in [0.29, 0.717) is 40.9 Å². The molecule has 2 heterocycles. The van der Waals surface area contributed by atoms with E-state index in [2.05, 4.69) is 10.4 Å². The summed E-state index contributed by atoms with van der Waals surface area (Å²) in [6, 6.07) is 5.32. The summed E-state index contributed by atoms with van der Waals surface area (Å²) >= 11 is 0. The Hall–Kier alpha value is -3.22. The van der Waals surface area contributed by atoms with Gasteiger partial charge in [0.25, 0.3) is 11.5 Å². The fourth-order valence-electron chi connectivity index (χ4n) is 3.36.